The van der Waals surface area contributed by atoms with Gasteiger partial charge in [-0.3, -0.25) is 14.7 Å². The minimum Gasteiger partial charge on any atom is -0.483 e. The number of benzene rings is 2. The summed E-state index contributed by atoms with van der Waals surface area (Å²) in [7, 11) is 0. The van der Waals surface area contributed by atoms with Crippen molar-refractivity contribution < 1.29 is 14.3 Å². The van der Waals surface area contributed by atoms with Crippen LogP contribution in [0.3, 0.4) is 0 Å². The molecule has 1 saturated heterocycles. The predicted octanol–water partition coefficient (Wildman–Crippen LogP) is 3.11. The number of fused-ring (bicyclic) bond motifs is 1. The molecular weight excluding hydrogens is 392 g/mol. The highest BCUT2D eigenvalue weighted by atomic mass is 16.5. The van der Waals surface area contributed by atoms with Crippen LogP contribution in [0.4, 0.5) is 0 Å². The molecule has 2 heterocycles. The van der Waals surface area contributed by atoms with Crippen LogP contribution in [-0.2, 0) is 9.59 Å². The summed E-state index contributed by atoms with van der Waals surface area (Å²) in [5.41, 5.74) is 3.89. The van der Waals surface area contributed by atoms with Gasteiger partial charge in [-0.2, -0.15) is 5.10 Å². The lowest BCUT2D eigenvalue weighted by Crippen LogP contribution is -2.51. The van der Waals surface area contributed by atoms with Crippen LogP contribution in [0, 0.1) is 6.92 Å². The molecule has 2 aromatic carbocycles. The van der Waals surface area contributed by atoms with Crippen molar-refractivity contribution in [2.45, 2.75) is 13.8 Å². The van der Waals surface area contributed by atoms with Crippen molar-refractivity contribution in [3.63, 3.8) is 0 Å². The number of piperazine rings is 1. The fourth-order valence-electron chi connectivity index (χ4n) is 3.73. The molecule has 160 valence electrons. The van der Waals surface area contributed by atoms with E-state index < -0.39 is 0 Å². The molecule has 1 aliphatic rings. The molecule has 3 aromatic rings. The number of hydrogen-bond donors (Lipinski definition) is 1. The van der Waals surface area contributed by atoms with E-state index in [1.54, 1.807) is 16.7 Å². The number of amides is 2. The molecule has 4 rings (SSSR count). The third-order valence-electron chi connectivity index (χ3n) is 5.56. The average molecular weight is 418 g/mol. The van der Waals surface area contributed by atoms with Crippen molar-refractivity contribution in [1.29, 1.82) is 0 Å². The number of carbonyl (C=O) groups excluding carboxylic acids is 2. The molecule has 1 aromatic heterocycles. The van der Waals surface area contributed by atoms with Crippen LogP contribution < -0.4 is 4.74 Å². The van der Waals surface area contributed by atoms with Gasteiger partial charge in [0.2, 0.25) is 5.91 Å². The van der Waals surface area contributed by atoms with Crippen molar-refractivity contribution >= 4 is 34.9 Å². The molecule has 0 aliphatic carbocycles. The van der Waals surface area contributed by atoms with E-state index in [0.29, 0.717) is 31.9 Å². The maximum Gasteiger partial charge on any atom is 0.260 e. The van der Waals surface area contributed by atoms with Gasteiger partial charge in [0, 0.05) is 38.5 Å². The quantitative estimate of drug-likeness (QED) is 0.691. The number of rotatable bonds is 5. The molecule has 31 heavy (non-hydrogen) atoms. The lowest BCUT2D eigenvalue weighted by Gasteiger charge is -2.34. The number of nitrogens with zero attached hydrogens (tertiary/aromatic N) is 3. The van der Waals surface area contributed by atoms with Crippen LogP contribution in [0.2, 0.25) is 0 Å². The number of aromatic amines is 1. The molecule has 2 amide bonds. The molecule has 7 nitrogen and oxygen atoms in total. The Balaban J connectivity index is 1.34. The summed E-state index contributed by atoms with van der Waals surface area (Å²) < 4.78 is 5.78. The highest BCUT2D eigenvalue weighted by Crippen LogP contribution is 2.22. The fourth-order valence-corrected chi connectivity index (χ4v) is 3.73. The number of carbonyl (C=O) groups is 2. The zero-order chi connectivity index (χ0) is 21.8. The van der Waals surface area contributed by atoms with Gasteiger partial charge in [-0.1, -0.05) is 30.3 Å². The summed E-state index contributed by atoms with van der Waals surface area (Å²) >= 11 is 0. The summed E-state index contributed by atoms with van der Waals surface area (Å²) in [4.78, 5) is 27.4. The standard InChI is InChI=1S/C24H26N4O3/c1-17-15-19(7-9-22-20-5-3-4-6-21(20)25-26-22)8-10-23(17)31-16-24(30)28-13-11-27(12-14-28)18(2)29/h3-10,15H,11-14,16H2,1-2H3,(H,25,26)/b9-7+. The van der Waals surface area contributed by atoms with Gasteiger partial charge in [-0.05, 0) is 42.3 Å². The first-order chi connectivity index (χ1) is 15.0. The summed E-state index contributed by atoms with van der Waals surface area (Å²) in [6.07, 6.45) is 4.00. The average Bonchev–Trinajstić information content (AvgIpc) is 3.20. The number of nitrogens with one attached hydrogen (secondary N) is 1. The second-order valence-electron chi connectivity index (χ2n) is 7.69. The fraction of sp³-hybridized carbons (Fsp3) is 0.292. The molecule has 1 aliphatic heterocycles. The number of H-pyrrole nitrogens is 1. The van der Waals surface area contributed by atoms with Gasteiger partial charge in [0.05, 0.1) is 11.2 Å². The van der Waals surface area contributed by atoms with Gasteiger partial charge in [0.1, 0.15) is 5.75 Å². The molecule has 1 fully saturated rings. The van der Waals surface area contributed by atoms with Crippen LogP contribution in [0.25, 0.3) is 23.1 Å². The van der Waals surface area contributed by atoms with Gasteiger partial charge >= 0.3 is 0 Å². The van der Waals surface area contributed by atoms with Crippen molar-refractivity contribution in [3.8, 4) is 5.75 Å². The molecule has 0 spiro atoms. The monoisotopic (exact) mass is 418 g/mol. The van der Waals surface area contributed by atoms with Crippen molar-refractivity contribution in [3.05, 3.63) is 59.3 Å². The number of aryl methyl sites for hydroxylation is 1. The van der Waals surface area contributed by atoms with Gasteiger partial charge in [0.15, 0.2) is 6.61 Å². The molecular formula is C24H26N4O3. The molecule has 0 radical (unpaired) electrons. The van der Waals surface area contributed by atoms with E-state index >= 15 is 0 Å². The van der Waals surface area contributed by atoms with Crippen LogP contribution in [0.1, 0.15) is 23.7 Å². The van der Waals surface area contributed by atoms with Crippen molar-refractivity contribution in [1.82, 2.24) is 20.0 Å². The zero-order valence-corrected chi connectivity index (χ0v) is 17.8. The van der Waals surface area contributed by atoms with E-state index in [2.05, 4.69) is 10.2 Å². The first-order valence-electron chi connectivity index (χ1n) is 10.4. The lowest BCUT2D eigenvalue weighted by molar-refractivity contribution is -0.139. The third-order valence-corrected chi connectivity index (χ3v) is 5.56. The van der Waals surface area contributed by atoms with Crippen LogP contribution >= 0.6 is 0 Å². The first-order valence-corrected chi connectivity index (χ1v) is 10.4. The number of aromatic nitrogens is 2. The minimum absolute atomic E-state index is 0.00461. The van der Waals surface area contributed by atoms with Crippen LogP contribution in [0.5, 0.6) is 5.75 Å². The molecule has 0 unspecified atom stereocenters. The SMILES string of the molecule is CC(=O)N1CCN(C(=O)COc2ccc(/C=C/c3n[nH]c4ccccc34)cc2C)CC1. The largest absolute Gasteiger partial charge is 0.483 e. The summed E-state index contributed by atoms with van der Waals surface area (Å²) in [5.74, 6) is 0.684. The van der Waals surface area contributed by atoms with E-state index in [-0.39, 0.29) is 18.4 Å². The third kappa shape index (κ3) is 4.77. The molecule has 0 bridgehead atoms. The Morgan fingerprint density at radius 3 is 2.55 bits per heavy atom. The predicted molar refractivity (Wildman–Crippen MR) is 121 cm³/mol. The van der Waals surface area contributed by atoms with E-state index in [1.807, 2.05) is 61.5 Å². The maximum absolute atomic E-state index is 12.4. The van der Waals surface area contributed by atoms with Crippen molar-refractivity contribution in [2.24, 2.45) is 0 Å². The van der Waals surface area contributed by atoms with E-state index in [1.165, 1.54) is 0 Å². The Morgan fingerprint density at radius 1 is 1.06 bits per heavy atom. The molecule has 1 N–H and O–H groups in total. The van der Waals surface area contributed by atoms with Gasteiger partial charge in [0.25, 0.3) is 5.91 Å². The summed E-state index contributed by atoms with van der Waals surface area (Å²) in [6, 6.07) is 13.9. The summed E-state index contributed by atoms with van der Waals surface area (Å²) in [6.45, 7) is 5.76. The number of hydrogen-bond acceptors (Lipinski definition) is 4. The first kappa shape index (κ1) is 20.7. The Bertz CT molecular complexity index is 1130. The Labute approximate surface area is 181 Å². The van der Waals surface area contributed by atoms with Gasteiger partial charge in [-0.25, -0.2) is 0 Å². The summed E-state index contributed by atoms with van der Waals surface area (Å²) in [5, 5.41) is 8.47. The molecule has 0 atom stereocenters. The normalized spacial score (nSPS) is 14.4. The number of ether oxygens (including phenoxy) is 1. The highest BCUT2D eigenvalue weighted by molar-refractivity contribution is 5.89. The maximum atomic E-state index is 12.4. The van der Waals surface area contributed by atoms with E-state index in [0.717, 1.165) is 27.7 Å². The highest BCUT2D eigenvalue weighted by Gasteiger charge is 2.22. The lowest BCUT2D eigenvalue weighted by atomic mass is 10.1. The Hall–Kier alpha value is -3.61. The van der Waals surface area contributed by atoms with Crippen LogP contribution in [0.15, 0.2) is 42.5 Å². The molecule has 0 saturated carbocycles. The van der Waals surface area contributed by atoms with Crippen molar-refractivity contribution in [2.75, 3.05) is 32.8 Å². The van der Waals surface area contributed by atoms with Gasteiger partial charge < -0.3 is 14.5 Å². The Kier molecular flexibility index (Phi) is 6.02. The van der Waals surface area contributed by atoms with Crippen LogP contribution in [-0.4, -0.2) is 64.6 Å². The zero-order valence-electron chi connectivity index (χ0n) is 17.8. The second kappa shape index (κ2) is 9.04. The Morgan fingerprint density at radius 2 is 1.81 bits per heavy atom. The second-order valence-corrected chi connectivity index (χ2v) is 7.69. The minimum atomic E-state index is -0.0583. The molecule has 7 heteroatoms. The van der Waals surface area contributed by atoms with E-state index in [4.69, 9.17) is 4.74 Å². The topological polar surface area (TPSA) is 78.5 Å². The number of para-hydroxylation sites is 1. The smallest absolute Gasteiger partial charge is 0.260 e. The van der Waals surface area contributed by atoms with E-state index in [9.17, 15) is 9.59 Å². The van der Waals surface area contributed by atoms with Gasteiger partial charge in [-0.15, -0.1) is 0 Å².